The van der Waals surface area contributed by atoms with Crippen molar-refractivity contribution in [3.8, 4) is 0 Å². The molecule has 0 saturated heterocycles. The van der Waals surface area contributed by atoms with E-state index in [2.05, 4.69) is 27.9 Å². The monoisotopic (exact) mass is 498 g/mol. The number of rotatable bonds is 14. The molecule has 6 N–H and O–H groups in total. The Hall–Kier alpha value is -2.79. The Morgan fingerprint density at radius 1 is 1.08 bits per heavy atom. The van der Waals surface area contributed by atoms with E-state index < -0.39 is 31.2 Å². The van der Waals surface area contributed by atoms with Crippen molar-refractivity contribution < 1.29 is 24.7 Å². The molecule has 0 aliphatic rings. The molecule has 2 aromatic rings. The van der Waals surface area contributed by atoms with Gasteiger partial charge in [-0.3, -0.25) is 19.9 Å². The maximum absolute atomic E-state index is 13.1. The first-order valence-electron chi connectivity index (χ1n) is 12.5. The van der Waals surface area contributed by atoms with E-state index in [9.17, 15) is 24.7 Å². The third-order valence-corrected chi connectivity index (χ3v) is 5.82. The quantitative estimate of drug-likeness (QED) is 0.172. The number of pyridine rings is 1. The second-order valence-corrected chi connectivity index (χ2v) is 9.55. The fourth-order valence-electron chi connectivity index (χ4n) is 3.68. The number of amides is 2. The van der Waals surface area contributed by atoms with E-state index in [1.165, 1.54) is 0 Å². The normalized spacial score (nSPS) is 13.7. The average Bonchev–Trinajstić information content (AvgIpc) is 2.84. The number of carbonyl (C=O) groups excluding carboxylic acids is 2. The SMILES string of the molecule is CCCCc1ccc(C(O)N[C@@H](CNC(=O)c2ccc(C)cc2)C(=O)N[C@@H](CC(C)C)B(O)O)nc1. The highest BCUT2D eigenvalue weighted by Crippen LogP contribution is 2.12. The van der Waals surface area contributed by atoms with Gasteiger partial charge in [0.1, 0.15) is 12.3 Å². The maximum Gasteiger partial charge on any atom is 0.475 e. The highest BCUT2D eigenvalue weighted by molar-refractivity contribution is 6.43. The van der Waals surface area contributed by atoms with E-state index >= 15 is 0 Å². The Morgan fingerprint density at radius 3 is 2.33 bits per heavy atom. The molecule has 36 heavy (non-hydrogen) atoms. The summed E-state index contributed by atoms with van der Waals surface area (Å²) in [5.41, 5.74) is 2.84. The van der Waals surface area contributed by atoms with Crippen LogP contribution in [0.5, 0.6) is 0 Å². The number of aryl methyl sites for hydroxylation is 2. The molecule has 1 heterocycles. The molecule has 10 heteroatoms. The van der Waals surface area contributed by atoms with Gasteiger partial charge in [-0.1, -0.05) is 51.0 Å². The van der Waals surface area contributed by atoms with Gasteiger partial charge in [-0.15, -0.1) is 0 Å². The second kappa shape index (κ2) is 14.7. The summed E-state index contributed by atoms with van der Waals surface area (Å²) in [6.45, 7) is 7.69. The predicted octanol–water partition coefficient (Wildman–Crippen LogP) is 1.65. The van der Waals surface area contributed by atoms with Crippen LogP contribution in [0.15, 0.2) is 42.6 Å². The molecule has 196 valence electrons. The Labute approximate surface area is 213 Å². The van der Waals surface area contributed by atoms with Gasteiger partial charge in [-0.25, -0.2) is 0 Å². The zero-order valence-corrected chi connectivity index (χ0v) is 21.6. The minimum absolute atomic E-state index is 0.103. The Morgan fingerprint density at radius 2 is 1.78 bits per heavy atom. The van der Waals surface area contributed by atoms with Crippen molar-refractivity contribution >= 4 is 18.9 Å². The molecule has 1 unspecified atom stereocenters. The number of benzene rings is 1. The van der Waals surface area contributed by atoms with Crippen LogP contribution in [0.2, 0.25) is 0 Å². The molecule has 2 amide bonds. The number of aliphatic hydroxyl groups is 1. The van der Waals surface area contributed by atoms with Crippen molar-refractivity contribution in [2.24, 2.45) is 5.92 Å². The van der Waals surface area contributed by atoms with E-state index in [0.29, 0.717) is 17.7 Å². The van der Waals surface area contributed by atoms with Crippen molar-refractivity contribution in [1.82, 2.24) is 20.9 Å². The number of hydrogen-bond donors (Lipinski definition) is 6. The van der Waals surface area contributed by atoms with Crippen LogP contribution in [-0.2, 0) is 11.2 Å². The van der Waals surface area contributed by atoms with E-state index in [-0.39, 0.29) is 18.4 Å². The fourth-order valence-corrected chi connectivity index (χ4v) is 3.68. The lowest BCUT2D eigenvalue weighted by molar-refractivity contribution is -0.124. The summed E-state index contributed by atoms with van der Waals surface area (Å²) in [6.07, 6.45) is 3.76. The zero-order chi connectivity index (χ0) is 26.7. The summed E-state index contributed by atoms with van der Waals surface area (Å²) in [5.74, 6) is -1.76. The molecule has 0 aliphatic carbocycles. The summed E-state index contributed by atoms with van der Waals surface area (Å²) < 4.78 is 0. The zero-order valence-electron chi connectivity index (χ0n) is 21.6. The molecule has 9 nitrogen and oxygen atoms in total. The van der Waals surface area contributed by atoms with Crippen LogP contribution >= 0.6 is 0 Å². The van der Waals surface area contributed by atoms with Crippen molar-refractivity contribution in [3.05, 3.63) is 65.0 Å². The summed E-state index contributed by atoms with van der Waals surface area (Å²) in [6, 6.07) is 9.52. The first-order valence-corrected chi connectivity index (χ1v) is 12.5. The second-order valence-electron chi connectivity index (χ2n) is 9.55. The molecule has 1 aromatic heterocycles. The van der Waals surface area contributed by atoms with E-state index in [4.69, 9.17) is 0 Å². The summed E-state index contributed by atoms with van der Waals surface area (Å²) in [5, 5.41) is 38.3. The molecule has 0 spiro atoms. The third kappa shape index (κ3) is 9.70. The Balaban J connectivity index is 2.14. The lowest BCUT2D eigenvalue weighted by Gasteiger charge is -2.26. The first-order chi connectivity index (χ1) is 17.1. The van der Waals surface area contributed by atoms with Gasteiger partial charge < -0.3 is 25.8 Å². The van der Waals surface area contributed by atoms with Crippen LogP contribution in [0.25, 0.3) is 0 Å². The molecular weight excluding hydrogens is 459 g/mol. The van der Waals surface area contributed by atoms with E-state index in [0.717, 1.165) is 30.4 Å². The van der Waals surface area contributed by atoms with Crippen molar-refractivity contribution in [1.29, 1.82) is 0 Å². The Kier molecular flexibility index (Phi) is 12.0. The molecule has 0 saturated carbocycles. The standard InChI is InChI=1S/C26H39BN4O5/c1-5-6-7-19-10-13-21(28-15-19)25(33)30-22(26(34)31-23(27(35)36)14-17(2)3)16-29-24(32)20-11-8-18(4)9-12-20/h8-13,15,17,22-23,25,30,33,35-36H,5-7,14,16H2,1-4H3,(H,29,32)(H,31,34)/t22-,23-,25?/m0/s1. The highest BCUT2D eigenvalue weighted by Gasteiger charge is 2.30. The summed E-state index contributed by atoms with van der Waals surface area (Å²) in [4.78, 5) is 30.0. The molecule has 0 aliphatic heterocycles. The van der Waals surface area contributed by atoms with Gasteiger partial charge in [0.15, 0.2) is 0 Å². The van der Waals surface area contributed by atoms with Gasteiger partial charge in [0, 0.05) is 18.3 Å². The smallest absolute Gasteiger partial charge is 0.426 e. The van der Waals surface area contributed by atoms with Gasteiger partial charge >= 0.3 is 7.12 Å². The molecule has 2 rings (SSSR count). The molecule has 0 fully saturated rings. The van der Waals surface area contributed by atoms with Crippen LogP contribution in [-0.4, -0.2) is 57.6 Å². The van der Waals surface area contributed by atoms with Gasteiger partial charge in [0.2, 0.25) is 5.91 Å². The van der Waals surface area contributed by atoms with Gasteiger partial charge in [0.25, 0.3) is 5.91 Å². The highest BCUT2D eigenvalue weighted by atomic mass is 16.4. The third-order valence-electron chi connectivity index (χ3n) is 5.82. The van der Waals surface area contributed by atoms with E-state index in [1.54, 1.807) is 24.4 Å². The number of nitrogens with one attached hydrogen (secondary N) is 3. The number of hydrogen-bond acceptors (Lipinski definition) is 7. The van der Waals surface area contributed by atoms with Crippen LogP contribution < -0.4 is 16.0 Å². The first kappa shape index (κ1) is 29.4. The molecular formula is C26H39BN4O5. The van der Waals surface area contributed by atoms with Crippen molar-refractivity contribution in [3.63, 3.8) is 0 Å². The van der Waals surface area contributed by atoms with E-state index in [1.807, 2.05) is 39.0 Å². The van der Waals surface area contributed by atoms with Crippen LogP contribution in [0.1, 0.15) is 73.4 Å². The predicted molar refractivity (Wildman–Crippen MR) is 140 cm³/mol. The maximum atomic E-state index is 13.1. The molecule has 0 radical (unpaired) electrons. The summed E-state index contributed by atoms with van der Waals surface area (Å²) in [7, 11) is -1.75. The largest absolute Gasteiger partial charge is 0.475 e. The number of aliphatic hydroxyl groups excluding tert-OH is 1. The van der Waals surface area contributed by atoms with Crippen LogP contribution in [0, 0.1) is 12.8 Å². The molecule has 1 aromatic carbocycles. The molecule has 0 bridgehead atoms. The van der Waals surface area contributed by atoms with Gasteiger partial charge in [-0.05, 0) is 55.9 Å². The lowest BCUT2D eigenvalue weighted by atomic mass is 9.75. The van der Waals surface area contributed by atoms with Crippen molar-refractivity contribution in [2.75, 3.05) is 6.54 Å². The minimum Gasteiger partial charge on any atom is -0.426 e. The fraction of sp³-hybridized carbons (Fsp3) is 0.500. The summed E-state index contributed by atoms with van der Waals surface area (Å²) >= 11 is 0. The van der Waals surface area contributed by atoms with Gasteiger partial charge in [0.05, 0.1) is 11.6 Å². The Bertz CT molecular complexity index is 954. The topological polar surface area (TPSA) is 144 Å². The van der Waals surface area contributed by atoms with Gasteiger partial charge in [-0.2, -0.15) is 0 Å². The number of aromatic nitrogens is 1. The van der Waals surface area contributed by atoms with Crippen molar-refractivity contribution in [2.45, 2.75) is 71.6 Å². The number of carbonyl (C=O) groups is 2. The van der Waals surface area contributed by atoms with Crippen LogP contribution in [0.4, 0.5) is 0 Å². The average molecular weight is 498 g/mol. The minimum atomic E-state index is -1.75. The molecule has 3 atom stereocenters. The number of unbranched alkanes of at least 4 members (excludes halogenated alkanes) is 1. The van der Waals surface area contributed by atoms with Crippen LogP contribution in [0.3, 0.4) is 0 Å². The lowest BCUT2D eigenvalue weighted by Crippen LogP contribution is -2.57. The number of nitrogens with zero attached hydrogens (tertiary/aromatic N) is 1.